The summed E-state index contributed by atoms with van der Waals surface area (Å²) in [5.74, 6) is 0.124. The summed E-state index contributed by atoms with van der Waals surface area (Å²) in [6.45, 7) is 6.73. The first-order valence-electron chi connectivity index (χ1n) is 13.2. The molecule has 2 aromatic heterocycles. The van der Waals surface area contributed by atoms with E-state index in [0.29, 0.717) is 58.2 Å². The van der Waals surface area contributed by atoms with Crippen LogP contribution in [0.2, 0.25) is 0 Å². The number of likely N-dealkylation sites (N-methyl/N-ethyl adjacent to an activating group) is 1. The normalized spacial score (nSPS) is 17.5. The van der Waals surface area contributed by atoms with Crippen molar-refractivity contribution in [3.8, 4) is 11.3 Å². The Morgan fingerprint density at radius 1 is 1.02 bits per heavy atom. The fourth-order valence-corrected chi connectivity index (χ4v) is 6.24. The predicted octanol–water partition coefficient (Wildman–Crippen LogP) is 3.05. The summed E-state index contributed by atoms with van der Waals surface area (Å²) in [6, 6.07) is 8.42. The van der Waals surface area contributed by atoms with Gasteiger partial charge in [-0.25, -0.2) is 18.4 Å². The minimum absolute atomic E-state index is 0.0126. The molecule has 3 N–H and O–H groups in total. The molecule has 0 atom stereocenters. The van der Waals surface area contributed by atoms with Gasteiger partial charge in [0.2, 0.25) is 16.0 Å². The molecule has 0 amide bonds. The molecule has 4 heterocycles. The lowest BCUT2D eigenvalue weighted by Crippen LogP contribution is -2.48. The molecule has 2 aliphatic heterocycles. The van der Waals surface area contributed by atoms with E-state index in [1.807, 2.05) is 11.8 Å². The third kappa shape index (κ3) is 6.53. The number of pyridine rings is 1. The molecular formula is C26H31F3N8O3S. The molecular weight excluding hydrogens is 561 g/mol. The zero-order valence-electron chi connectivity index (χ0n) is 22.4. The Morgan fingerprint density at radius 2 is 1.76 bits per heavy atom. The zero-order chi connectivity index (χ0) is 29.2. The van der Waals surface area contributed by atoms with Crippen LogP contribution in [0.4, 0.5) is 36.4 Å². The highest BCUT2D eigenvalue weighted by Gasteiger charge is 2.35. The van der Waals surface area contributed by atoms with Crippen molar-refractivity contribution in [3.63, 3.8) is 0 Å². The van der Waals surface area contributed by atoms with Gasteiger partial charge in [-0.1, -0.05) is 13.0 Å². The molecule has 0 spiro atoms. The molecule has 0 aliphatic carbocycles. The summed E-state index contributed by atoms with van der Waals surface area (Å²) in [6.07, 6.45) is -3.66. The number of nitrogens with zero attached hydrogens (tertiary/aromatic N) is 6. The second kappa shape index (κ2) is 11.8. The maximum Gasteiger partial charge on any atom is 0.417 e. The van der Waals surface area contributed by atoms with Gasteiger partial charge in [0.15, 0.2) is 0 Å². The number of ether oxygens (including phenoxy) is 1. The average molecular weight is 593 g/mol. The van der Waals surface area contributed by atoms with Crippen LogP contribution >= 0.6 is 0 Å². The van der Waals surface area contributed by atoms with E-state index in [-0.39, 0.29) is 33.7 Å². The van der Waals surface area contributed by atoms with Crippen molar-refractivity contribution in [2.24, 2.45) is 0 Å². The lowest BCUT2D eigenvalue weighted by Gasteiger charge is -2.33. The van der Waals surface area contributed by atoms with Gasteiger partial charge in [-0.2, -0.15) is 22.5 Å². The number of nitrogen functional groups attached to an aromatic ring is 1. The third-order valence-corrected chi connectivity index (χ3v) is 8.93. The van der Waals surface area contributed by atoms with E-state index in [2.05, 4.69) is 25.2 Å². The summed E-state index contributed by atoms with van der Waals surface area (Å²) in [4.78, 5) is 17.0. The van der Waals surface area contributed by atoms with Crippen molar-refractivity contribution in [1.29, 1.82) is 0 Å². The van der Waals surface area contributed by atoms with Gasteiger partial charge >= 0.3 is 6.18 Å². The predicted molar refractivity (Wildman–Crippen MR) is 148 cm³/mol. The Hall–Kier alpha value is -3.53. The fourth-order valence-electron chi connectivity index (χ4n) is 4.77. The molecule has 2 aliphatic rings. The molecule has 0 bridgehead atoms. The average Bonchev–Trinajstić information content (AvgIpc) is 2.97. The van der Waals surface area contributed by atoms with Crippen LogP contribution in [0.15, 0.2) is 47.5 Å². The van der Waals surface area contributed by atoms with Gasteiger partial charge < -0.3 is 25.6 Å². The fraction of sp³-hybridized carbons (Fsp3) is 0.423. The lowest BCUT2D eigenvalue weighted by molar-refractivity contribution is -0.137. The number of alkyl halides is 3. The Bertz CT molecular complexity index is 1490. The summed E-state index contributed by atoms with van der Waals surface area (Å²) < 4.78 is 75.4. The first-order chi connectivity index (χ1) is 19.5. The largest absolute Gasteiger partial charge is 0.417 e. The van der Waals surface area contributed by atoms with Gasteiger partial charge in [0.05, 0.1) is 29.4 Å². The maximum atomic E-state index is 13.9. The van der Waals surface area contributed by atoms with Gasteiger partial charge in [0, 0.05) is 62.8 Å². The quantitative estimate of drug-likeness (QED) is 0.422. The molecule has 3 aromatic rings. The van der Waals surface area contributed by atoms with Gasteiger partial charge in [0.25, 0.3) is 0 Å². The number of benzene rings is 1. The topological polar surface area (TPSA) is 130 Å². The summed E-state index contributed by atoms with van der Waals surface area (Å²) in [5.41, 5.74) is 4.73. The third-order valence-electron chi connectivity index (χ3n) is 7.04. The second-order valence-electron chi connectivity index (χ2n) is 9.68. The van der Waals surface area contributed by atoms with E-state index in [4.69, 9.17) is 10.5 Å². The molecule has 2 fully saturated rings. The van der Waals surface area contributed by atoms with Crippen LogP contribution in [0.5, 0.6) is 0 Å². The van der Waals surface area contributed by atoms with Crippen LogP contribution in [0.1, 0.15) is 12.5 Å². The number of piperazine rings is 1. The number of rotatable bonds is 7. The van der Waals surface area contributed by atoms with E-state index < -0.39 is 21.8 Å². The smallest absolute Gasteiger partial charge is 0.384 e. The number of hydrogen-bond acceptors (Lipinski definition) is 10. The van der Waals surface area contributed by atoms with Crippen LogP contribution < -0.4 is 16.0 Å². The standard InChI is InChI=1S/C26H31F3N8O3S/c1-2-35-6-8-37(9-7-35)41(38,39)19-5-3-4-18(14-19)32-24-16-22(33-25(34-24)36-10-12-40-13-11-36)20-17-31-23(30)15-21(20)26(27,28)29/h3-5,14-17H,2,6-13H2,1H3,(H2,30,31)(H,32,33,34). The minimum atomic E-state index is -4.70. The molecule has 0 saturated carbocycles. The highest BCUT2D eigenvalue weighted by Crippen LogP contribution is 2.38. The molecule has 41 heavy (non-hydrogen) atoms. The van der Waals surface area contributed by atoms with E-state index >= 15 is 0 Å². The SMILES string of the molecule is CCN1CCN(S(=O)(=O)c2cccc(Nc3cc(-c4cnc(N)cc4C(F)(F)F)nc(N4CCOCC4)n3)c2)CC1. The van der Waals surface area contributed by atoms with Crippen molar-refractivity contribution in [2.75, 3.05) is 75.0 Å². The highest BCUT2D eigenvalue weighted by molar-refractivity contribution is 7.89. The van der Waals surface area contributed by atoms with Gasteiger partial charge in [-0.3, -0.25) is 0 Å². The molecule has 0 radical (unpaired) electrons. The second-order valence-corrected chi connectivity index (χ2v) is 11.6. The number of aromatic nitrogens is 3. The van der Waals surface area contributed by atoms with Gasteiger partial charge in [-0.15, -0.1) is 0 Å². The number of anilines is 4. The molecule has 11 nitrogen and oxygen atoms in total. The van der Waals surface area contributed by atoms with Crippen molar-refractivity contribution in [1.82, 2.24) is 24.2 Å². The maximum absolute atomic E-state index is 13.9. The number of sulfonamides is 1. The summed E-state index contributed by atoms with van der Waals surface area (Å²) in [5, 5.41) is 3.07. The van der Waals surface area contributed by atoms with Crippen molar-refractivity contribution < 1.29 is 26.3 Å². The van der Waals surface area contributed by atoms with Gasteiger partial charge in [-0.05, 0) is 30.8 Å². The van der Waals surface area contributed by atoms with Crippen molar-refractivity contribution in [2.45, 2.75) is 18.0 Å². The van der Waals surface area contributed by atoms with Gasteiger partial charge in [0.1, 0.15) is 11.6 Å². The first kappa shape index (κ1) is 29.0. The van der Waals surface area contributed by atoms with E-state index in [0.717, 1.165) is 18.8 Å². The van der Waals surface area contributed by atoms with Crippen molar-refractivity contribution in [3.05, 3.63) is 48.2 Å². The van der Waals surface area contributed by atoms with Crippen molar-refractivity contribution >= 4 is 33.3 Å². The van der Waals surface area contributed by atoms with E-state index in [1.165, 1.54) is 22.5 Å². The van der Waals surface area contributed by atoms with Crippen LogP contribution in [0.25, 0.3) is 11.3 Å². The Balaban J connectivity index is 1.50. The van der Waals surface area contributed by atoms with Crippen LogP contribution in [-0.2, 0) is 20.9 Å². The number of nitrogens with one attached hydrogen (secondary N) is 1. The minimum Gasteiger partial charge on any atom is -0.384 e. The van der Waals surface area contributed by atoms with Crippen LogP contribution in [0.3, 0.4) is 0 Å². The highest BCUT2D eigenvalue weighted by atomic mass is 32.2. The number of nitrogens with two attached hydrogens (primary N) is 1. The molecule has 5 rings (SSSR count). The summed E-state index contributed by atoms with van der Waals surface area (Å²) >= 11 is 0. The Morgan fingerprint density at radius 3 is 2.44 bits per heavy atom. The number of halogens is 3. The molecule has 1 aromatic carbocycles. The van der Waals surface area contributed by atoms with Crippen LogP contribution in [-0.4, -0.2) is 91.6 Å². The monoisotopic (exact) mass is 592 g/mol. The first-order valence-corrected chi connectivity index (χ1v) is 14.6. The zero-order valence-corrected chi connectivity index (χ0v) is 23.2. The molecule has 0 unspecified atom stereocenters. The number of morpholine rings is 1. The molecule has 2 saturated heterocycles. The van der Waals surface area contributed by atoms with E-state index in [9.17, 15) is 21.6 Å². The van der Waals surface area contributed by atoms with Crippen LogP contribution in [0, 0.1) is 0 Å². The molecule has 220 valence electrons. The van der Waals surface area contributed by atoms with E-state index in [1.54, 1.807) is 12.1 Å². The number of hydrogen-bond donors (Lipinski definition) is 2. The summed E-state index contributed by atoms with van der Waals surface area (Å²) in [7, 11) is -3.74. The lowest BCUT2D eigenvalue weighted by atomic mass is 10.1. The Kier molecular flexibility index (Phi) is 8.31. The molecule has 15 heteroatoms. The Labute approximate surface area is 236 Å².